The molecule has 186 valence electrons. The minimum atomic E-state index is -0.0652. The van der Waals surface area contributed by atoms with E-state index in [9.17, 15) is 9.59 Å². The van der Waals surface area contributed by atoms with Gasteiger partial charge < -0.3 is 14.5 Å². The van der Waals surface area contributed by atoms with Crippen molar-refractivity contribution in [2.45, 2.75) is 57.2 Å². The third-order valence-electron chi connectivity index (χ3n) is 8.22. The highest BCUT2D eigenvalue weighted by Crippen LogP contribution is 2.33. The SMILES string of the molecule is Cn1c2ccccc2c2c(C(=O)NC3CCN(Cc4ccccc4)CC3)cn(C3CCCC3)c(=O)c21. The smallest absolute Gasteiger partial charge is 0.275 e. The molecule has 2 aromatic heterocycles. The number of rotatable bonds is 5. The Kier molecular flexibility index (Phi) is 6.13. The Balaban J connectivity index is 1.29. The maximum absolute atomic E-state index is 13.8. The van der Waals surface area contributed by atoms with Gasteiger partial charge in [-0.05, 0) is 37.3 Å². The Morgan fingerprint density at radius 1 is 0.944 bits per heavy atom. The molecule has 6 rings (SSSR count). The number of piperidine rings is 1. The Bertz CT molecular complexity index is 1460. The second-order valence-electron chi connectivity index (χ2n) is 10.5. The zero-order chi connectivity index (χ0) is 24.6. The molecule has 6 heteroatoms. The number of aryl methyl sites for hydroxylation is 1. The Morgan fingerprint density at radius 2 is 1.64 bits per heavy atom. The van der Waals surface area contributed by atoms with Crippen LogP contribution >= 0.6 is 0 Å². The number of carbonyl (C=O) groups excluding carboxylic acids is 1. The average Bonchev–Trinajstić information content (AvgIpc) is 3.54. The zero-order valence-corrected chi connectivity index (χ0v) is 21.0. The van der Waals surface area contributed by atoms with Gasteiger partial charge in [-0.1, -0.05) is 61.4 Å². The monoisotopic (exact) mass is 482 g/mol. The summed E-state index contributed by atoms with van der Waals surface area (Å²) < 4.78 is 3.82. The lowest BCUT2D eigenvalue weighted by molar-refractivity contribution is 0.0909. The average molecular weight is 483 g/mol. The zero-order valence-electron chi connectivity index (χ0n) is 21.0. The Morgan fingerprint density at radius 3 is 2.39 bits per heavy atom. The van der Waals surface area contributed by atoms with Gasteiger partial charge in [0.25, 0.3) is 11.5 Å². The highest BCUT2D eigenvalue weighted by molar-refractivity contribution is 6.17. The maximum atomic E-state index is 13.8. The predicted molar refractivity (Wildman–Crippen MR) is 144 cm³/mol. The second kappa shape index (κ2) is 9.58. The number of fused-ring (bicyclic) bond motifs is 3. The van der Waals surface area contributed by atoms with Crippen molar-refractivity contribution in [3.8, 4) is 0 Å². The van der Waals surface area contributed by atoms with Crippen LogP contribution in [0.25, 0.3) is 21.8 Å². The molecule has 0 unspecified atom stereocenters. The molecule has 1 saturated carbocycles. The molecule has 3 heterocycles. The summed E-state index contributed by atoms with van der Waals surface area (Å²) in [6.45, 7) is 2.88. The molecule has 1 aliphatic carbocycles. The van der Waals surface area contributed by atoms with Gasteiger partial charge in [-0.25, -0.2) is 0 Å². The maximum Gasteiger partial charge on any atom is 0.275 e. The van der Waals surface area contributed by atoms with Gasteiger partial charge in [0.1, 0.15) is 5.52 Å². The molecule has 36 heavy (non-hydrogen) atoms. The molecule has 0 spiro atoms. The highest BCUT2D eigenvalue weighted by atomic mass is 16.2. The van der Waals surface area contributed by atoms with E-state index in [1.54, 1.807) is 0 Å². The molecular weight excluding hydrogens is 448 g/mol. The first-order valence-electron chi connectivity index (χ1n) is 13.3. The number of pyridine rings is 1. The Hall–Kier alpha value is -3.38. The summed E-state index contributed by atoms with van der Waals surface area (Å²) in [5.74, 6) is -0.0652. The number of likely N-dealkylation sites (tertiary alicyclic amines) is 1. The lowest BCUT2D eigenvalue weighted by Gasteiger charge is -2.32. The van der Waals surface area contributed by atoms with Crippen LogP contribution in [-0.4, -0.2) is 39.1 Å². The van der Waals surface area contributed by atoms with Crippen molar-refractivity contribution in [1.82, 2.24) is 19.4 Å². The number of hydrogen-bond acceptors (Lipinski definition) is 3. The van der Waals surface area contributed by atoms with E-state index in [0.717, 1.165) is 74.4 Å². The number of hydrogen-bond donors (Lipinski definition) is 1. The largest absolute Gasteiger partial charge is 0.349 e. The van der Waals surface area contributed by atoms with Crippen LogP contribution in [0.4, 0.5) is 0 Å². The van der Waals surface area contributed by atoms with Crippen LogP contribution in [0.15, 0.2) is 65.6 Å². The fourth-order valence-corrected chi connectivity index (χ4v) is 6.27. The minimum Gasteiger partial charge on any atom is -0.349 e. The van der Waals surface area contributed by atoms with Gasteiger partial charge in [0, 0.05) is 61.3 Å². The molecule has 0 atom stereocenters. The van der Waals surface area contributed by atoms with Crippen molar-refractivity contribution < 1.29 is 4.79 Å². The number of benzene rings is 2. The molecule has 6 nitrogen and oxygen atoms in total. The van der Waals surface area contributed by atoms with Gasteiger partial charge >= 0.3 is 0 Å². The van der Waals surface area contributed by atoms with Crippen LogP contribution in [0, 0.1) is 0 Å². The number of amides is 1. The van der Waals surface area contributed by atoms with E-state index in [4.69, 9.17) is 0 Å². The topological polar surface area (TPSA) is 59.3 Å². The molecular formula is C30H34N4O2. The van der Waals surface area contributed by atoms with Crippen molar-refractivity contribution in [3.05, 3.63) is 82.3 Å². The summed E-state index contributed by atoms with van der Waals surface area (Å²) in [5, 5.41) is 5.08. The lowest BCUT2D eigenvalue weighted by atomic mass is 10.0. The first kappa shape index (κ1) is 23.0. The molecule has 0 bridgehead atoms. The van der Waals surface area contributed by atoms with Crippen molar-refractivity contribution in [1.29, 1.82) is 0 Å². The third kappa shape index (κ3) is 4.13. The van der Waals surface area contributed by atoms with E-state index in [1.807, 2.05) is 52.7 Å². The summed E-state index contributed by atoms with van der Waals surface area (Å²) in [5.41, 5.74) is 3.58. The first-order valence-corrected chi connectivity index (χ1v) is 13.3. The number of para-hydroxylation sites is 1. The van der Waals surface area contributed by atoms with Crippen molar-refractivity contribution >= 4 is 27.7 Å². The molecule has 1 N–H and O–H groups in total. The molecule has 2 aromatic carbocycles. The number of nitrogens with zero attached hydrogens (tertiary/aromatic N) is 3. The standard InChI is InChI=1S/C30H34N4O2/c1-32-26-14-8-7-13-24(26)27-25(20-34(30(36)28(27)32)23-11-5-6-12-23)29(35)31-22-15-17-33(18-16-22)19-21-9-3-2-4-10-21/h2-4,7-10,13-14,20,22-23H,5-6,11-12,15-19H2,1H3,(H,31,35). The fourth-order valence-electron chi connectivity index (χ4n) is 6.27. The third-order valence-corrected chi connectivity index (χ3v) is 8.22. The van der Waals surface area contributed by atoms with Gasteiger partial charge in [-0.2, -0.15) is 0 Å². The highest BCUT2D eigenvalue weighted by Gasteiger charge is 2.27. The summed E-state index contributed by atoms with van der Waals surface area (Å²) in [4.78, 5) is 29.9. The van der Waals surface area contributed by atoms with Crippen LogP contribution in [-0.2, 0) is 13.6 Å². The van der Waals surface area contributed by atoms with Crippen LogP contribution in [0.1, 0.15) is 60.5 Å². The first-order chi connectivity index (χ1) is 17.6. The number of aromatic nitrogens is 2. The van der Waals surface area contributed by atoms with E-state index in [0.29, 0.717) is 11.1 Å². The fraction of sp³-hybridized carbons (Fsp3) is 0.400. The summed E-state index contributed by atoms with van der Waals surface area (Å²) in [6, 6.07) is 18.9. The number of nitrogens with one attached hydrogen (secondary N) is 1. The quantitative estimate of drug-likeness (QED) is 0.435. The van der Waals surface area contributed by atoms with E-state index in [1.165, 1.54) is 5.56 Å². The van der Waals surface area contributed by atoms with E-state index < -0.39 is 0 Å². The molecule has 1 aliphatic heterocycles. The van der Waals surface area contributed by atoms with Gasteiger partial charge in [0.2, 0.25) is 0 Å². The van der Waals surface area contributed by atoms with Crippen LogP contribution in [0.2, 0.25) is 0 Å². The molecule has 1 saturated heterocycles. The minimum absolute atomic E-state index is 0.0152. The molecule has 0 radical (unpaired) electrons. The van der Waals surface area contributed by atoms with Crippen LogP contribution in [0.3, 0.4) is 0 Å². The normalized spacial score (nSPS) is 17.8. The molecule has 1 amide bonds. The summed E-state index contributed by atoms with van der Waals surface area (Å²) in [6.07, 6.45) is 7.97. The van der Waals surface area contributed by atoms with Crippen molar-refractivity contribution in [2.24, 2.45) is 7.05 Å². The molecule has 4 aromatic rings. The summed E-state index contributed by atoms with van der Waals surface area (Å²) in [7, 11) is 1.94. The molecule has 2 aliphatic rings. The van der Waals surface area contributed by atoms with Gasteiger partial charge in [0.15, 0.2) is 0 Å². The lowest BCUT2D eigenvalue weighted by Crippen LogP contribution is -2.44. The van der Waals surface area contributed by atoms with Gasteiger partial charge in [-0.15, -0.1) is 0 Å². The van der Waals surface area contributed by atoms with Gasteiger partial charge in [-0.3, -0.25) is 14.5 Å². The van der Waals surface area contributed by atoms with Crippen molar-refractivity contribution in [3.63, 3.8) is 0 Å². The number of carbonyl (C=O) groups is 1. The van der Waals surface area contributed by atoms with Crippen LogP contribution in [0.5, 0.6) is 0 Å². The molecule has 2 fully saturated rings. The second-order valence-corrected chi connectivity index (χ2v) is 10.5. The predicted octanol–water partition coefficient (Wildman–Crippen LogP) is 5.00. The summed E-state index contributed by atoms with van der Waals surface area (Å²) >= 11 is 0. The van der Waals surface area contributed by atoms with Crippen molar-refractivity contribution in [2.75, 3.05) is 13.1 Å². The van der Waals surface area contributed by atoms with Gasteiger partial charge in [0.05, 0.1) is 5.56 Å². The Labute approximate surface area is 211 Å². The van der Waals surface area contributed by atoms with E-state index >= 15 is 0 Å². The van der Waals surface area contributed by atoms with E-state index in [-0.39, 0.29) is 23.6 Å². The van der Waals surface area contributed by atoms with E-state index in [2.05, 4.69) is 34.5 Å². The van der Waals surface area contributed by atoms with Crippen LogP contribution < -0.4 is 10.9 Å².